The number of aryl methyl sites for hydroxylation is 1. The van der Waals surface area contributed by atoms with Crippen LogP contribution in [0, 0.1) is 0 Å². The lowest BCUT2D eigenvalue weighted by Crippen LogP contribution is -2.36. The van der Waals surface area contributed by atoms with Crippen LogP contribution in [0.5, 0.6) is 0 Å². The Bertz CT molecular complexity index is 1200. The van der Waals surface area contributed by atoms with Crippen molar-refractivity contribution in [1.82, 2.24) is 14.9 Å². The highest BCUT2D eigenvalue weighted by molar-refractivity contribution is 9.10. The van der Waals surface area contributed by atoms with Crippen molar-refractivity contribution in [2.75, 3.05) is 18.0 Å². The van der Waals surface area contributed by atoms with E-state index in [1.807, 2.05) is 37.3 Å². The van der Waals surface area contributed by atoms with E-state index >= 15 is 0 Å². The second-order valence-electron chi connectivity index (χ2n) is 8.41. The summed E-state index contributed by atoms with van der Waals surface area (Å²) in [6.07, 6.45) is 3.90. The number of halogens is 1. The molecule has 176 valence electrons. The van der Waals surface area contributed by atoms with Gasteiger partial charge in [0.2, 0.25) is 5.95 Å². The van der Waals surface area contributed by atoms with E-state index in [9.17, 15) is 14.7 Å². The molecule has 0 bridgehead atoms. The van der Waals surface area contributed by atoms with E-state index in [1.165, 1.54) is 16.0 Å². The van der Waals surface area contributed by atoms with Crippen molar-refractivity contribution in [1.29, 1.82) is 0 Å². The Hall–Kier alpha value is -3.26. The second-order valence-corrected chi connectivity index (χ2v) is 9.32. The monoisotopic (exact) mass is 522 g/mol. The van der Waals surface area contributed by atoms with Gasteiger partial charge in [0.15, 0.2) is 0 Å². The van der Waals surface area contributed by atoms with Crippen molar-refractivity contribution in [2.45, 2.75) is 39.3 Å². The molecule has 4 rings (SSSR count). The molecular formula is C26H27BrN4O3. The highest BCUT2D eigenvalue weighted by Gasteiger charge is 2.25. The van der Waals surface area contributed by atoms with Crippen molar-refractivity contribution < 1.29 is 14.7 Å². The number of hydrogen-bond acceptors (Lipinski definition) is 5. The lowest BCUT2D eigenvalue weighted by molar-refractivity contribution is -0.137. The van der Waals surface area contributed by atoms with Crippen molar-refractivity contribution in [2.24, 2.45) is 0 Å². The van der Waals surface area contributed by atoms with Crippen molar-refractivity contribution in [3.8, 4) is 0 Å². The fourth-order valence-electron chi connectivity index (χ4n) is 4.22. The van der Waals surface area contributed by atoms with Gasteiger partial charge in [-0.25, -0.2) is 9.97 Å². The maximum atomic E-state index is 13.5. The fraction of sp³-hybridized carbons (Fsp3) is 0.308. The molecule has 0 fully saturated rings. The Labute approximate surface area is 207 Å². The van der Waals surface area contributed by atoms with Crippen LogP contribution >= 0.6 is 15.9 Å². The third kappa shape index (κ3) is 5.62. The first-order chi connectivity index (χ1) is 16.4. The first-order valence-electron chi connectivity index (χ1n) is 11.4. The van der Waals surface area contributed by atoms with Gasteiger partial charge in [-0.1, -0.05) is 65.7 Å². The number of rotatable bonds is 8. The number of carboxylic acid groups (broad SMARTS) is 1. The topological polar surface area (TPSA) is 86.6 Å². The van der Waals surface area contributed by atoms with Crippen LogP contribution in [-0.4, -0.2) is 44.9 Å². The van der Waals surface area contributed by atoms with Crippen LogP contribution in [0.25, 0.3) is 0 Å². The molecule has 1 aliphatic rings. The molecule has 1 aliphatic heterocycles. The van der Waals surface area contributed by atoms with E-state index in [0.29, 0.717) is 23.6 Å². The van der Waals surface area contributed by atoms with Crippen molar-refractivity contribution in [3.63, 3.8) is 0 Å². The Morgan fingerprint density at radius 3 is 2.68 bits per heavy atom. The molecule has 8 heteroatoms. The van der Waals surface area contributed by atoms with Gasteiger partial charge in [0, 0.05) is 30.3 Å². The number of aliphatic carboxylic acids is 1. The number of amides is 1. The van der Waals surface area contributed by atoms with E-state index in [2.05, 4.69) is 44.0 Å². The largest absolute Gasteiger partial charge is 0.480 e. The minimum atomic E-state index is -1.06. The van der Waals surface area contributed by atoms with Crippen LogP contribution in [0.4, 0.5) is 5.95 Å². The highest BCUT2D eigenvalue weighted by Crippen LogP contribution is 2.24. The van der Waals surface area contributed by atoms with Gasteiger partial charge in [0.05, 0.1) is 11.3 Å². The van der Waals surface area contributed by atoms with Gasteiger partial charge in [-0.2, -0.15) is 0 Å². The number of aromatic nitrogens is 2. The molecule has 7 nitrogen and oxygen atoms in total. The number of fused-ring (bicyclic) bond motifs is 1. The van der Waals surface area contributed by atoms with Crippen LogP contribution in [0.3, 0.4) is 0 Å². The molecule has 34 heavy (non-hydrogen) atoms. The zero-order valence-electron chi connectivity index (χ0n) is 19.1. The van der Waals surface area contributed by atoms with Gasteiger partial charge >= 0.3 is 5.97 Å². The summed E-state index contributed by atoms with van der Waals surface area (Å²) in [6, 6.07) is 15.9. The minimum Gasteiger partial charge on any atom is -0.480 e. The summed E-state index contributed by atoms with van der Waals surface area (Å²) in [4.78, 5) is 37.8. The third-order valence-electron chi connectivity index (χ3n) is 5.86. The molecule has 0 saturated carbocycles. The third-order valence-corrected chi connectivity index (χ3v) is 6.35. The minimum absolute atomic E-state index is 0.181. The van der Waals surface area contributed by atoms with Gasteiger partial charge in [-0.15, -0.1) is 0 Å². The van der Waals surface area contributed by atoms with Gasteiger partial charge in [0.25, 0.3) is 5.91 Å². The van der Waals surface area contributed by atoms with Crippen LogP contribution in [-0.2, 0) is 30.7 Å². The lowest BCUT2D eigenvalue weighted by Gasteiger charge is -2.29. The average Bonchev–Trinajstić information content (AvgIpc) is 2.83. The quantitative estimate of drug-likeness (QED) is 0.469. The summed E-state index contributed by atoms with van der Waals surface area (Å²) in [7, 11) is 0. The number of nitrogens with zero attached hydrogens (tertiary/aromatic N) is 4. The van der Waals surface area contributed by atoms with E-state index < -0.39 is 12.5 Å². The molecule has 2 aromatic carbocycles. The van der Waals surface area contributed by atoms with E-state index in [1.54, 1.807) is 6.20 Å². The Kier molecular flexibility index (Phi) is 7.57. The number of anilines is 1. The first kappa shape index (κ1) is 23.9. The molecule has 1 aromatic heterocycles. The summed E-state index contributed by atoms with van der Waals surface area (Å²) in [5, 5.41) is 9.44. The predicted octanol–water partition coefficient (Wildman–Crippen LogP) is 4.48. The molecule has 0 saturated heterocycles. The average molecular weight is 523 g/mol. The molecule has 0 aliphatic carbocycles. The molecule has 1 N–H and O–H groups in total. The molecule has 1 amide bonds. The first-order valence-corrected chi connectivity index (χ1v) is 12.2. The van der Waals surface area contributed by atoms with E-state index in [0.717, 1.165) is 36.0 Å². The molecule has 3 aromatic rings. The number of carbonyl (C=O) groups excluding carboxylic acids is 1. The molecule has 0 atom stereocenters. The van der Waals surface area contributed by atoms with Crippen LogP contribution in [0.1, 0.15) is 46.1 Å². The maximum Gasteiger partial charge on any atom is 0.323 e. The summed E-state index contributed by atoms with van der Waals surface area (Å²) in [5.74, 6) is -0.836. The van der Waals surface area contributed by atoms with Gasteiger partial charge in [-0.3, -0.25) is 9.59 Å². The smallest absolute Gasteiger partial charge is 0.323 e. The van der Waals surface area contributed by atoms with Gasteiger partial charge in [0.1, 0.15) is 6.54 Å². The number of hydrogen-bond donors (Lipinski definition) is 1. The molecule has 0 unspecified atom stereocenters. The van der Waals surface area contributed by atoms with Gasteiger partial charge in [-0.05, 0) is 41.7 Å². The second kappa shape index (κ2) is 10.8. The predicted molar refractivity (Wildman–Crippen MR) is 134 cm³/mol. The summed E-state index contributed by atoms with van der Waals surface area (Å²) in [5.41, 5.74) is 4.46. The molecule has 0 radical (unpaired) electrons. The fourth-order valence-corrected chi connectivity index (χ4v) is 4.67. The van der Waals surface area contributed by atoms with E-state index in [4.69, 9.17) is 4.98 Å². The lowest BCUT2D eigenvalue weighted by atomic mass is 10.0. The Balaban J connectivity index is 1.61. The summed E-state index contributed by atoms with van der Waals surface area (Å²) >= 11 is 3.43. The normalized spacial score (nSPS) is 12.8. The van der Waals surface area contributed by atoms with E-state index in [-0.39, 0.29) is 12.5 Å². The summed E-state index contributed by atoms with van der Waals surface area (Å²) < 4.78 is 0.871. The standard InChI is InChI=1S/C26H27BrN4O3/c1-2-6-23-22(25(34)31(17-24(32)33)15-18-7-5-10-21(27)13-18)14-28-26(29-23)30-12-11-19-8-3-4-9-20(19)16-30/h3-5,7-10,13-14H,2,6,11-12,15-17H2,1H3,(H,32,33). The molecular weight excluding hydrogens is 496 g/mol. The Morgan fingerprint density at radius 1 is 1.15 bits per heavy atom. The zero-order chi connectivity index (χ0) is 24.1. The van der Waals surface area contributed by atoms with Crippen LogP contribution in [0.15, 0.2) is 59.2 Å². The maximum absolute atomic E-state index is 13.5. The van der Waals surface area contributed by atoms with Crippen molar-refractivity contribution >= 4 is 33.8 Å². The van der Waals surface area contributed by atoms with Crippen LogP contribution in [0.2, 0.25) is 0 Å². The highest BCUT2D eigenvalue weighted by atomic mass is 79.9. The number of carboxylic acids is 1. The molecule has 2 heterocycles. The SMILES string of the molecule is CCCc1nc(N2CCc3ccccc3C2)ncc1C(=O)N(CC(=O)O)Cc1cccc(Br)c1. The number of carbonyl (C=O) groups is 2. The van der Waals surface area contributed by atoms with Crippen molar-refractivity contribution in [3.05, 3.63) is 87.1 Å². The van der Waals surface area contributed by atoms with Crippen LogP contribution < -0.4 is 4.90 Å². The number of benzene rings is 2. The Morgan fingerprint density at radius 2 is 1.94 bits per heavy atom. The zero-order valence-corrected chi connectivity index (χ0v) is 20.7. The summed E-state index contributed by atoms with van der Waals surface area (Å²) in [6.45, 7) is 3.35. The van der Waals surface area contributed by atoms with Gasteiger partial charge < -0.3 is 14.9 Å². The molecule has 0 spiro atoms.